The topological polar surface area (TPSA) is 212 Å². The summed E-state index contributed by atoms with van der Waals surface area (Å²) in [6.07, 6.45) is 11.5. The van der Waals surface area contributed by atoms with Crippen LogP contribution in [0.1, 0.15) is 168 Å². The molecule has 0 amide bonds. The van der Waals surface area contributed by atoms with Crippen LogP contribution in [0.3, 0.4) is 0 Å². The maximum absolute atomic E-state index is 12.6. The highest BCUT2D eigenvalue weighted by Crippen LogP contribution is 2.43. The van der Waals surface area contributed by atoms with E-state index >= 15 is 0 Å². The second kappa shape index (κ2) is 29.2. The lowest BCUT2D eigenvalue weighted by molar-refractivity contribution is -0.261. The van der Waals surface area contributed by atoms with Crippen molar-refractivity contribution in [3.63, 3.8) is 0 Å². The van der Waals surface area contributed by atoms with Crippen molar-refractivity contribution in [3.05, 3.63) is 0 Å². The van der Waals surface area contributed by atoms with Crippen LogP contribution in [0.4, 0.5) is 0 Å². The van der Waals surface area contributed by atoms with Gasteiger partial charge >= 0.3 is 11.9 Å². The van der Waals surface area contributed by atoms with Crippen LogP contribution in [0.25, 0.3) is 0 Å². The van der Waals surface area contributed by atoms with Crippen molar-refractivity contribution in [1.82, 2.24) is 0 Å². The summed E-state index contributed by atoms with van der Waals surface area (Å²) in [6, 6.07) is 0. The second-order valence-corrected chi connectivity index (χ2v) is 15.5. The molecule has 0 radical (unpaired) electrons. The molecule has 302 valence electrons. The third kappa shape index (κ3) is 22.6. The minimum atomic E-state index is -5.35. The van der Waals surface area contributed by atoms with Gasteiger partial charge in [0, 0.05) is 12.8 Å². The van der Waals surface area contributed by atoms with Gasteiger partial charge in [-0.05, 0) is 12.8 Å². The Morgan fingerprint density at radius 1 is 0.549 bits per heavy atom. The molecular weight excluding hydrogens is 683 g/mol. The number of phosphoric ester groups is 1. The van der Waals surface area contributed by atoms with Crippen molar-refractivity contribution in [1.29, 1.82) is 0 Å². The van der Waals surface area contributed by atoms with Crippen molar-refractivity contribution in [3.8, 4) is 0 Å². The zero-order chi connectivity index (χ0) is 37.9. The predicted molar refractivity (Wildman–Crippen MR) is 191 cm³/mol. The van der Waals surface area contributed by atoms with E-state index in [1.165, 1.54) is 83.5 Å². The number of carbonyl (C=O) groups is 2. The highest BCUT2D eigenvalue weighted by molar-refractivity contribution is 7.45. The van der Waals surface area contributed by atoms with Gasteiger partial charge in [-0.3, -0.25) is 14.2 Å². The third-order valence-corrected chi connectivity index (χ3v) is 10.4. The lowest BCUT2D eigenvalue weighted by Gasteiger charge is -2.43. The fourth-order valence-electron chi connectivity index (χ4n) is 6.16. The number of aliphatic hydroxyl groups excluding tert-OH is 5. The molecule has 0 aromatic carbocycles. The van der Waals surface area contributed by atoms with Crippen LogP contribution < -0.4 is 4.89 Å². The minimum absolute atomic E-state index is 0.0866. The molecule has 1 saturated carbocycles. The Kier molecular flexibility index (Phi) is 27.4. The summed E-state index contributed by atoms with van der Waals surface area (Å²) in [4.78, 5) is 37.7. The smallest absolute Gasteiger partial charge is 0.306 e. The van der Waals surface area contributed by atoms with Gasteiger partial charge in [0.2, 0.25) is 0 Å². The number of hydrogen-bond donors (Lipinski definition) is 5. The van der Waals surface area contributed by atoms with Crippen LogP contribution in [-0.2, 0) is 32.7 Å². The van der Waals surface area contributed by atoms with Crippen molar-refractivity contribution in [2.45, 2.75) is 211 Å². The summed E-state index contributed by atoms with van der Waals surface area (Å²) < 4.78 is 32.9. The Hall–Kier alpha value is -1.15. The first kappa shape index (κ1) is 47.9. The van der Waals surface area contributed by atoms with Gasteiger partial charge in [-0.1, -0.05) is 142 Å². The van der Waals surface area contributed by atoms with Crippen molar-refractivity contribution >= 4 is 19.8 Å². The summed E-state index contributed by atoms with van der Waals surface area (Å²) in [6.45, 7) is 3.15. The summed E-state index contributed by atoms with van der Waals surface area (Å²) in [5, 5.41) is 49.8. The quantitative estimate of drug-likeness (QED) is 0.0325. The van der Waals surface area contributed by atoms with Gasteiger partial charge in [-0.25, -0.2) is 0 Å². The van der Waals surface area contributed by atoms with Crippen LogP contribution in [0.5, 0.6) is 0 Å². The normalized spacial score (nSPS) is 23.8. The molecule has 5 N–H and O–H groups in total. The van der Waals surface area contributed by atoms with Gasteiger partial charge in [-0.2, -0.15) is 0 Å². The van der Waals surface area contributed by atoms with E-state index in [9.17, 15) is 44.6 Å². The Morgan fingerprint density at radius 3 is 1.31 bits per heavy atom. The fraction of sp³-hybridized carbons (Fsp3) is 0.946. The first-order valence-electron chi connectivity index (χ1n) is 19.8. The monoisotopic (exact) mass is 753 g/mol. The van der Waals surface area contributed by atoms with Crippen molar-refractivity contribution < 1.29 is 63.1 Å². The largest absolute Gasteiger partial charge is 0.756 e. The van der Waals surface area contributed by atoms with Crippen LogP contribution in [0.2, 0.25) is 0 Å². The fourth-order valence-corrected chi connectivity index (χ4v) is 7.12. The Bertz CT molecular complexity index is 922. The van der Waals surface area contributed by atoms with E-state index in [2.05, 4.69) is 13.8 Å². The van der Waals surface area contributed by atoms with E-state index in [1.807, 2.05) is 0 Å². The van der Waals surface area contributed by atoms with Gasteiger partial charge < -0.3 is 48.9 Å². The molecule has 0 aromatic rings. The van der Waals surface area contributed by atoms with Gasteiger partial charge in [0.25, 0.3) is 7.82 Å². The Labute approximate surface area is 306 Å². The molecule has 0 bridgehead atoms. The van der Waals surface area contributed by atoms with E-state index < -0.39 is 75.7 Å². The molecule has 0 aromatic heterocycles. The number of hydrogen-bond acceptors (Lipinski definition) is 13. The molecule has 51 heavy (non-hydrogen) atoms. The average Bonchev–Trinajstić information content (AvgIpc) is 3.10. The maximum Gasteiger partial charge on any atom is 0.306 e. The maximum atomic E-state index is 12.6. The number of esters is 2. The number of rotatable bonds is 32. The second-order valence-electron chi connectivity index (χ2n) is 14.1. The first-order valence-corrected chi connectivity index (χ1v) is 21.3. The number of aliphatic hydroxyl groups is 5. The third-order valence-electron chi connectivity index (χ3n) is 9.44. The summed E-state index contributed by atoms with van der Waals surface area (Å²) >= 11 is 0. The Morgan fingerprint density at radius 2 is 0.902 bits per heavy atom. The molecule has 13 nitrogen and oxygen atoms in total. The Balaban J connectivity index is 2.51. The van der Waals surface area contributed by atoms with Crippen molar-refractivity contribution in [2.75, 3.05) is 13.2 Å². The van der Waals surface area contributed by atoms with E-state index in [1.54, 1.807) is 0 Å². The molecule has 3 unspecified atom stereocenters. The highest BCUT2D eigenvalue weighted by Gasteiger charge is 2.50. The zero-order valence-corrected chi connectivity index (χ0v) is 32.3. The molecule has 1 aliphatic rings. The molecule has 14 heteroatoms. The van der Waals surface area contributed by atoms with Gasteiger partial charge in [-0.15, -0.1) is 0 Å². The first-order chi connectivity index (χ1) is 24.4. The molecule has 0 spiro atoms. The molecule has 8 atom stereocenters. The summed E-state index contributed by atoms with van der Waals surface area (Å²) in [5.41, 5.74) is 0. The lowest BCUT2D eigenvalue weighted by Crippen LogP contribution is -2.64. The van der Waals surface area contributed by atoms with Gasteiger partial charge in [0.15, 0.2) is 6.10 Å². The number of ether oxygens (including phenoxy) is 2. The summed E-state index contributed by atoms with van der Waals surface area (Å²) in [7, 11) is -5.35. The highest BCUT2D eigenvalue weighted by atomic mass is 31.2. The van der Waals surface area contributed by atoms with Crippen LogP contribution in [-0.4, -0.2) is 93.4 Å². The average molecular weight is 754 g/mol. The van der Waals surface area contributed by atoms with Gasteiger partial charge in [0.05, 0.1) is 6.61 Å². The van der Waals surface area contributed by atoms with E-state index in [0.29, 0.717) is 12.8 Å². The van der Waals surface area contributed by atoms with Crippen LogP contribution in [0.15, 0.2) is 0 Å². The number of phosphoric acid groups is 1. The SMILES string of the molecule is CCCCCCCCCCCCCCCC(=O)OC[C@H](COP(=O)([O-])OC1[C@H](O)[C@H](O)C(O)[C@H](O)[C@H]1O)OC(=O)CCCCCCCCCCC. The molecule has 0 heterocycles. The number of unbranched alkanes of at least 4 members (excludes halogenated alkanes) is 20. The molecule has 1 aliphatic carbocycles. The molecule has 0 saturated heterocycles. The molecule has 1 rings (SSSR count). The lowest BCUT2D eigenvalue weighted by atomic mass is 9.85. The molecular formula is C37H70O13P-. The van der Waals surface area contributed by atoms with Gasteiger partial charge in [0.1, 0.15) is 43.2 Å². The number of carbonyl (C=O) groups excluding carboxylic acids is 2. The van der Waals surface area contributed by atoms with E-state index in [0.717, 1.165) is 44.9 Å². The standard InChI is InChI=1S/C37H71O13P/c1-3-5-7-9-11-13-14-15-16-18-19-21-23-25-30(38)47-27-29(49-31(39)26-24-22-20-17-12-10-8-6-4-2)28-48-51(45,46)50-37-35(43)33(41)32(40)34(42)36(37)44/h29,32-37,40-44H,3-28H2,1-2H3,(H,45,46)/p-1/t29-,32?,33-,34+,35-,36-,37?/m1/s1. The van der Waals surface area contributed by atoms with Crippen LogP contribution in [0, 0.1) is 0 Å². The van der Waals surface area contributed by atoms with E-state index in [-0.39, 0.29) is 12.8 Å². The minimum Gasteiger partial charge on any atom is -0.756 e. The van der Waals surface area contributed by atoms with Crippen molar-refractivity contribution in [2.24, 2.45) is 0 Å². The van der Waals surface area contributed by atoms with E-state index in [4.69, 9.17) is 18.5 Å². The zero-order valence-electron chi connectivity index (χ0n) is 31.4. The molecule has 1 fully saturated rings. The van der Waals surface area contributed by atoms with Crippen LogP contribution >= 0.6 is 7.82 Å². The summed E-state index contributed by atoms with van der Waals surface area (Å²) in [5.74, 6) is -1.13. The molecule has 0 aliphatic heterocycles. The predicted octanol–water partition coefficient (Wildman–Crippen LogP) is 5.53.